The quantitative estimate of drug-likeness (QED) is 0.183. The Morgan fingerprint density at radius 2 is 0.938 bits per heavy atom. The van der Waals surface area contributed by atoms with Gasteiger partial charge in [-0.3, -0.25) is 0 Å². The second kappa shape index (κ2) is 10.9. The summed E-state index contributed by atoms with van der Waals surface area (Å²) in [5, 5.41) is 15.3. The number of hydrogen-bond acceptors (Lipinski definition) is 1. The minimum Gasteiger partial charge on any atom is -0.318 e. The lowest BCUT2D eigenvalue weighted by atomic mass is 9.94. The Kier molecular flexibility index (Phi) is 6.22. The van der Waals surface area contributed by atoms with Crippen LogP contribution in [0.15, 0.2) is 158 Å². The third kappa shape index (κ3) is 4.01. The van der Waals surface area contributed by atoms with E-state index in [1.807, 2.05) is 60.7 Å². The van der Waals surface area contributed by atoms with Gasteiger partial charge in [0.25, 0.3) is 0 Å². The number of benzene rings is 7. The van der Waals surface area contributed by atoms with Gasteiger partial charge in [-0.25, -0.2) is 4.85 Å². The van der Waals surface area contributed by atoms with Crippen molar-refractivity contribution in [3.8, 4) is 39.7 Å². The first-order valence-electron chi connectivity index (χ1n) is 15.9. The summed E-state index contributed by atoms with van der Waals surface area (Å²) in [6.07, 6.45) is 0. The molecule has 222 valence electrons. The molecule has 0 spiro atoms. The molecule has 9 aromatic rings. The van der Waals surface area contributed by atoms with E-state index < -0.39 is 0 Å². The molecule has 0 saturated carbocycles. The van der Waals surface area contributed by atoms with Crippen LogP contribution in [0.2, 0.25) is 0 Å². The molecule has 48 heavy (non-hydrogen) atoms. The van der Waals surface area contributed by atoms with Crippen molar-refractivity contribution < 1.29 is 0 Å². The number of nitriles is 1. The maximum atomic E-state index is 10.7. The average molecular weight is 611 g/mol. The minimum atomic E-state index is 0.579. The van der Waals surface area contributed by atoms with Crippen molar-refractivity contribution in [1.82, 2.24) is 9.13 Å². The molecule has 0 amide bonds. The molecular weight excluding hydrogens is 585 g/mol. The molecule has 0 N–H and O–H groups in total. The lowest BCUT2D eigenvalue weighted by Crippen LogP contribution is -2.00. The summed E-state index contributed by atoms with van der Waals surface area (Å²) in [7, 11) is 0. The number of fused-ring (bicyclic) bond motifs is 6. The lowest BCUT2D eigenvalue weighted by Gasteiger charge is -2.17. The molecule has 0 bridgehead atoms. The zero-order valence-corrected chi connectivity index (χ0v) is 25.8. The molecule has 4 nitrogen and oxygen atoms in total. The van der Waals surface area contributed by atoms with Crippen LogP contribution in [0.25, 0.3) is 82.1 Å². The second-order valence-electron chi connectivity index (χ2n) is 11.9. The second-order valence-corrected chi connectivity index (χ2v) is 11.9. The first-order chi connectivity index (χ1) is 23.8. The molecule has 0 saturated heterocycles. The molecule has 0 unspecified atom stereocenters. The molecule has 9 rings (SSSR count). The van der Waals surface area contributed by atoms with Crippen molar-refractivity contribution >= 4 is 49.3 Å². The van der Waals surface area contributed by atoms with Gasteiger partial charge < -0.3 is 9.13 Å². The maximum absolute atomic E-state index is 10.7. The fourth-order valence-corrected chi connectivity index (χ4v) is 7.37. The fraction of sp³-hybridized carbons (Fsp3) is 0. The number of hydrogen-bond donors (Lipinski definition) is 0. The molecule has 0 aliphatic rings. The third-order valence-corrected chi connectivity index (χ3v) is 9.40. The van der Waals surface area contributed by atoms with E-state index in [-0.39, 0.29) is 0 Å². The summed E-state index contributed by atoms with van der Waals surface area (Å²) < 4.78 is 4.43. The van der Waals surface area contributed by atoms with Crippen LogP contribution < -0.4 is 0 Å². The summed E-state index contributed by atoms with van der Waals surface area (Å²) in [6.45, 7) is 8.17. The molecule has 4 heteroatoms. The van der Waals surface area contributed by atoms with Gasteiger partial charge in [0.05, 0.1) is 45.6 Å². The average Bonchev–Trinajstić information content (AvgIpc) is 3.67. The van der Waals surface area contributed by atoms with E-state index in [2.05, 4.69) is 117 Å². The Labute approximate surface area is 277 Å². The smallest absolute Gasteiger partial charge is 0.211 e. The van der Waals surface area contributed by atoms with Crippen LogP contribution in [0.3, 0.4) is 0 Å². The van der Waals surface area contributed by atoms with E-state index in [0.29, 0.717) is 11.3 Å². The maximum Gasteiger partial charge on any atom is 0.211 e. The summed E-state index contributed by atoms with van der Waals surface area (Å²) in [6, 6.07) is 56.4. The molecule has 7 aromatic carbocycles. The molecule has 0 atom stereocenters. The number of para-hydroxylation sites is 5. The highest BCUT2D eigenvalue weighted by atomic mass is 15.0. The summed E-state index contributed by atoms with van der Waals surface area (Å²) in [5.74, 6) is 0. The minimum absolute atomic E-state index is 0.579. The molecule has 0 aliphatic carbocycles. The van der Waals surface area contributed by atoms with Crippen molar-refractivity contribution in [1.29, 1.82) is 5.26 Å². The van der Waals surface area contributed by atoms with Gasteiger partial charge in [-0.05, 0) is 53.1 Å². The predicted octanol–water partition coefficient (Wildman–Crippen LogP) is 11.6. The molecule has 0 fully saturated rings. The van der Waals surface area contributed by atoms with Crippen molar-refractivity contribution in [2.24, 2.45) is 0 Å². The van der Waals surface area contributed by atoms with Crippen molar-refractivity contribution in [3.63, 3.8) is 0 Å². The van der Waals surface area contributed by atoms with Gasteiger partial charge in [0.1, 0.15) is 6.07 Å². The first kappa shape index (κ1) is 27.4. The largest absolute Gasteiger partial charge is 0.318 e. The lowest BCUT2D eigenvalue weighted by molar-refractivity contribution is 1.17. The number of aromatic nitrogens is 2. The SMILES string of the molecule is [C-]#[N+]c1cccc(-c2cccc(-c3cccc(-n4c5ccccc5c5ccccc54)c3C#N)c2)c1-n1c2ccccc2c2ccccc21. The van der Waals surface area contributed by atoms with E-state index in [1.165, 1.54) is 0 Å². The Morgan fingerprint density at radius 3 is 1.48 bits per heavy atom. The summed E-state index contributed by atoms with van der Waals surface area (Å²) in [5.41, 5.74) is 10.8. The van der Waals surface area contributed by atoms with Gasteiger partial charge >= 0.3 is 0 Å². The van der Waals surface area contributed by atoms with Crippen molar-refractivity contribution in [3.05, 3.63) is 175 Å². The molecular formula is C44H26N4. The highest BCUT2D eigenvalue weighted by molar-refractivity contribution is 6.11. The van der Waals surface area contributed by atoms with Gasteiger partial charge in [-0.2, -0.15) is 5.26 Å². The molecule has 0 aliphatic heterocycles. The zero-order valence-electron chi connectivity index (χ0n) is 25.8. The van der Waals surface area contributed by atoms with Crippen molar-refractivity contribution in [2.75, 3.05) is 0 Å². The predicted molar refractivity (Wildman–Crippen MR) is 197 cm³/mol. The van der Waals surface area contributed by atoms with Gasteiger partial charge in [-0.1, -0.05) is 121 Å². The standard InChI is InChI=1S/C44H26N4/c1-46-38-21-11-20-32(44(38)48-41-24-8-4-17-35(41)36-18-5-9-25-42(36)48)30-14-10-13-29(27-30)31-19-12-26-43(37(31)28-45)47-39-22-6-2-15-33(39)34-16-3-7-23-40(34)47/h2-27H. The molecule has 0 radical (unpaired) electrons. The fourth-order valence-electron chi connectivity index (χ4n) is 7.37. The monoisotopic (exact) mass is 610 g/mol. The molecule has 2 aromatic heterocycles. The Bertz CT molecular complexity index is 2710. The highest BCUT2D eigenvalue weighted by Gasteiger charge is 2.20. The number of rotatable bonds is 4. The van der Waals surface area contributed by atoms with E-state index >= 15 is 0 Å². The topological polar surface area (TPSA) is 38.0 Å². The van der Waals surface area contributed by atoms with E-state index in [4.69, 9.17) is 6.57 Å². The van der Waals surface area contributed by atoms with Crippen LogP contribution in [0.4, 0.5) is 5.69 Å². The Morgan fingerprint density at radius 1 is 0.479 bits per heavy atom. The highest BCUT2D eigenvalue weighted by Crippen LogP contribution is 2.42. The number of nitrogens with zero attached hydrogens (tertiary/aromatic N) is 4. The van der Waals surface area contributed by atoms with Gasteiger partial charge in [0.2, 0.25) is 5.69 Å². The normalized spacial score (nSPS) is 11.3. The Balaban J connectivity index is 1.27. The van der Waals surface area contributed by atoms with E-state index in [1.54, 1.807) is 0 Å². The van der Waals surface area contributed by atoms with Crippen LogP contribution in [0, 0.1) is 17.9 Å². The summed E-state index contributed by atoms with van der Waals surface area (Å²) >= 11 is 0. The Hall–Kier alpha value is -6.88. The first-order valence-corrected chi connectivity index (χ1v) is 15.9. The molecule has 2 heterocycles. The van der Waals surface area contributed by atoms with Crippen LogP contribution >= 0.6 is 0 Å². The summed E-state index contributed by atoms with van der Waals surface area (Å²) in [4.78, 5) is 4.01. The van der Waals surface area contributed by atoms with Crippen LogP contribution in [-0.4, -0.2) is 9.13 Å². The van der Waals surface area contributed by atoms with E-state index in [0.717, 1.165) is 77.2 Å². The van der Waals surface area contributed by atoms with Crippen LogP contribution in [0.1, 0.15) is 5.56 Å². The van der Waals surface area contributed by atoms with Gasteiger partial charge in [-0.15, -0.1) is 0 Å². The van der Waals surface area contributed by atoms with Gasteiger partial charge in [0.15, 0.2) is 0 Å². The zero-order chi connectivity index (χ0) is 32.2. The van der Waals surface area contributed by atoms with Crippen molar-refractivity contribution in [2.45, 2.75) is 0 Å². The van der Waals surface area contributed by atoms with Crippen LogP contribution in [0.5, 0.6) is 0 Å². The van der Waals surface area contributed by atoms with Gasteiger partial charge in [0, 0.05) is 27.1 Å². The third-order valence-electron chi connectivity index (χ3n) is 9.40. The van der Waals surface area contributed by atoms with E-state index in [9.17, 15) is 5.26 Å². The van der Waals surface area contributed by atoms with Crippen LogP contribution in [-0.2, 0) is 0 Å².